The Kier molecular flexibility index (Phi) is 3.44. The largest absolute Gasteiger partial charge is 0.392 e. The lowest BCUT2D eigenvalue weighted by atomic mass is 9.87. The van der Waals surface area contributed by atoms with Gasteiger partial charge in [-0.25, -0.2) is 0 Å². The van der Waals surface area contributed by atoms with Crippen molar-refractivity contribution in [1.82, 2.24) is 0 Å². The van der Waals surface area contributed by atoms with E-state index in [0.29, 0.717) is 17.2 Å². The van der Waals surface area contributed by atoms with Crippen LogP contribution in [-0.2, 0) is 0 Å². The van der Waals surface area contributed by atoms with Crippen molar-refractivity contribution in [2.75, 3.05) is 12.3 Å². The molecule has 1 fully saturated rings. The van der Waals surface area contributed by atoms with Gasteiger partial charge in [-0.2, -0.15) is 11.8 Å². The molecule has 0 aromatic heterocycles. The first kappa shape index (κ1) is 10.4. The van der Waals surface area contributed by atoms with Crippen molar-refractivity contribution in [2.45, 2.75) is 37.5 Å². The molecule has 1 aliphatic rings. The van der Waals surface area contributed by atoms with Crippen molar-refractivity contribution >= 4 is 11.8 Å². The number of nitrogens with two attached hydrogens (primary N) is 1. The Bertz CT molecular complexity index is 149. The van der Waals surface area contributed by atoms with Gasteiger partial charge in [0.15, 0.2) is 0 Å². The zero-order chi connectivity index (χ0) is 9.19. The lowest BCUT2D eigenvalue weighted by molar-refractivity contribution is 0.142. The maximum Gasteiger partial charge on any atom is 0.0665 e. The first-order valence-corrected chi connectivity index (χ1v) is 5.57. The first-order valence-electron chi connectivity index (χ1n) is 4.58. The second-order valence-corrected chi connectivity index (χ2v) is 5.81. The fraction of sp³-hybridized carbons (Fsp3) is 1.00. The molecule has 2 nitrogen and oxygen atoms in total. The van der Waals surface area contributed by atoms with Crippen LogP contribution in [0.3, 0.4) is 0 Å². The lowest BCUT2D eigenvalue weighted by Gasteiger charge is -2.27. The fourth-order valence-electron chi connectivity index (χ4n) is 1.76. The number of hydrogen-bond acceptors (Lipinski definition) is 3. The predicted octanol–water partition coefficient (Wildman–Crippen LogP) is 1.23. The van der Waals surface area contributed by atoms with Gasteiger partial charge >= 0.3 is 0 Å². The second kappa shape index (κ2) is 3.99. The minimum atomic E-state index is -0.298. The zero-order valence-corrected chi connectivity index (χ0v) is 8.73. The quantitative estimate of drug-likeness (QED) is 0.702. The molecule has 0 spiro atoms. The van der Waals surface area contributed by atoms with E-state index in [0.717, 1.165) is 6.42 Å². The van der Waals surface area contributed by atoms with Gasteiger partial charge in [0.1, 0.15) is 0 Å². The number of hydrogen-bond donors (Lipinski definition) is 2. The van der Waals surface area contributed by atoms with E-state index >= 15 is 0 Å². The molecule has 0 aromatic carbocycles. The van der Waals surface area contributed by atoms with Crippen LogP contribution in [-0.4, -0.2) is 28.3 Å². The van der Waals surface area contributed by atoms with Crippen LogP contribution < -0.4 is 5.73 Å². The molecule has 2 atom stereocenters. The molecule has 3 heteroatoms. The summed E-state index contributed by atoms with van der Waals surface area (Å²) in [7, 11) is 0. The molecule has 0 radical (unpaired) electrons. The summed E-state index contributed by atoms with van der Waals surface area (Å²) in [6.07, 6.45) is 1.80. The molecule has 0 amide bonds. The SMILES string of the molecule is CC1(C)SCCC1CC(O)CN. The minimum absolute atomic E-state index is 0.298. The molecule has 0 saturated carbocycles. The molecule has 72 valence electrons. The lowest BCUT2D eigenvalue weighted by Crippen LogP contribution is -2.29. The first-order chi connectivity index (χ1) is 5.56. The van der Waals surface area contributed by atoms with Gasteiger partial charge in [-0.15, -0.1) is 0 Å². The van der Waals surface area contributed by atoms with Crippen LogP contribution >= 0.6 is 11.8 Å². The van der Waals surface area contributed by atoms with Crippen LogP contribution in [0.1, 0.15) is 26.7 Å². The number of rotatable bonds is 3. The van der Waals surface area contributed by atoms with Crippen molar-refractivity contribution in [2.24, 2.45) is 11.7 Å². The average molecular weight is 189 g/mol. The summed E-state index contributed by atoms with van der Waals surface area (Å²) in [4.78, 5) is 0. The van der Waals surface area contributed by atoms with E-state index in [-0.39, 0.29) is 6.10 Å². The maximum atomic E-state index is 9.42. The number of aliphatic hydroxyl groups excluding tert-OH is 1. The molecule has 1 heterocycles. The van der Waals surface area contributed by atoms with E-state index in [4.69, 9.17) is 5.73 Å². The molecular weight excluding hydrogens is 170 g/mol. The van der Waals surface area contributed by atoms with Crippen LogP contribution in [0.25, 0.3) is 0 Å². The van der Waals surface area contributed by atoms with E-state index < -0.39 is 0 Å². The van der Waals surface area contributed by atoms with Gasteiger partial charge in [-0.1, -0.05) is 13.8 Å². The van der Waals surface area contributed by atoms with Crippen molar-refractivity contribution in [1.29, 1.82) is 0 Å². The van der Waals surface area contributed by atoms with Crippen LogP contribution in [0, 0.1) is 5.92 Å². The molecule has 1 aliphatic heterocycles. The van der Waals surface area contributed by atoms with Crippen LogP contribution in [0.2, 0.25) is 0 Å². The number of aliphatic hydroxyl groups is 1. The van der Waals surface area contributed by atoms with Crippen molar-refractivity contribution in [3.63, 3.8) is 0 Å². The molecule has 3 N–H and O–H groups in total. The van der Waals surface area contributed by atoms with Gasteiger partial charge in [-0.05, 0) is 24.5 Å². The Labute approximate surface area is 78.9 Å². The molecule has 0 aromatic rings. The van der Waals surface area contributed by atoms with Crippen LogP contribution in [0.4, 0.5) is 0 Å². The van der Waals surface area contributed by atoms with Crippen LogP contribution in [0.15, 0.2) is 0 Å². The van der Waals surface area contributed by atoms with Gasteiger partial charge in [0.05, 0.1) is 6.10 Å². The van der Waals surface area contributed by atoms with Crippen molar-refractivity contribution in [3.05, 3.63) is 0 Å². The Morgan fingerprint density at radius 1 is 1.67 bits per heavy atom. The standard InChI is InChI=1S/C9H19NOS/c1-9(2)7(3-4-12-9)5-8(11)6-10/h7-8,11H,3-6,10H2,1-2H3. The van der Waals surface area contributed by atoms with E-state index in [1.807, 2.05) is 11.8 Å². The van der Waals surface area contributed by atoms with Crippen molar-refractivity contribution < 1.29 is 5.11 Å². The highest BCUT2D eigenvalue weighted by atomic mass is 32.2. The monoisotopic (exact) mass is 189 g/mol. The Balaban J connectivity index is 2.41. The second-order valence-electron chi connectivity index (χ2n) is 4.06. The van der Waals surface area contributed by atoms with Gasteiger partial charge in [0.2, 0.25) is 0 Å². The summed E-state index contributed by atoms with van der Waals surface area (Å²) in [6, 6.07) is 0. The van der Waals surface area contributed by atoms with Gasteiger partial charge in [0, 0.05) is 11.3 Å². The van der Waals surface area contributed by atoms with Gasteiger partial charge in [-0.3, -0.25) is 0 Å². The zero-order valence-electron chi connectivity index (χ0n) is 7.92. The third kappa shape index (κ3) is 2.38. The highest BCUT2D eigenvalue weighted by Gasteiger charge is 2.35. The average Bonchev–Trinajstić information content (AvgIpc) is 2.31. The molecule has 12 heavy (non-hydrogen) atoms. The van der Waals surface area contributed by atoms with E-state index in [1.54, 1.807) is 0 Å². The highest BCUT2D eigenvalue weighted by Crippen LogP contribution is 2.44. The van der Waals surface area contributed by atoms with Crippen LogP contribution in [0.5, 0.6) is 0 Å². The summed E-state index contributed by atoms with van der Waals surface area (Å²) in [5, 5.41) is 9.42. The third-order valence-electron chi connectivity index (χ3n) is 2.75. The summed E-state index contributed by atoms with van der Waals surface area (Å²) >= 11 is 2.01. The summed E-state index contributed by atoms with van der Waals surface area (Å²) in [5.74, 6) is 1.87. The Morgan fingerprint density at radius 3 is 2.75 bits per heavy atom. The smallest absolute Gasteiger partial charge is 0.0665 e. The molecule has 0 aliphatic carbocycles. The summed E-state index contributed by atoms with van der Waals surface area (Å²) < 4.78 is 0.343. The molecule has 1 saturated heterocycles. The summed E-state index contributed by atoms with van der Waals surface area (Å²) in [5.41, 5.74) is 5.38. The summed E-state index contributed by atoms with van der Waals surface area (Å²) in [6.45, 7) is 4.92. The third-order valence-corrected chi connectivity index (χ3v) is 4.27. The Morgan fingerprint density at radius 2 is 2.33 bits per heavy atom. The predicted molar refractivity (Wildman–Crippen MR) is 54.3 cm³/mol. The molecule has 0 bridgehead atoms. The molecule has 2 unspecified atom stereocenters. The van der Waals surface area contributed by atoms with Gasteiger partial charge < -0.3 is 10.8 Å². The van der Waals surface area contributed by atoms with Crippen molar-refractivity contribution in [3.8, 4) is 0 Å². The van der Waals surface area contributed by atoms with E-state index in [2.05, 4.69) is 13.8 Å². The topological polar surface area (TPSA) is 46.2 Å². The fourth-order valence-corrected chi connectivity index (χ4v) is 3.13. The van der Waals surface area contributed by atoms with Gasteiger partial charge in [0.25, 0.3) is 0 Å². The maximum absolute atomic E-state index is 9.42. The number of thioether (sulfide) groups is 1. The molecular formula is C9H19NOS. The Hall–Kier alpha value is 0.270. The van der Waals surface area contributed by atoms with E-state index in [9.17, 15) is 5.11 Å². The highest BCUT2D eigenvalue weighted by molar-refractivity contribution is 8.00. The van der Waals surface area contributed by atoms with E-state index in [1.165, 1.54) is 12.2 Å². The molecule has 1 rings (SSSR count). The normalized spacial score (nSPS) is 30.5. The minimum Gasteiger partial charge on any atom is -0.392 e.